The van der Waals surface area contributed by atoms with E-state index in [4.69, 9.17) is 5.26 Å². The minimum Gasteiger partial charge on any atom is -0.357 e. The summed E-state index contributed by atoms with van der Waals surface area (Å²) in [6.45, 7) is 2.10. The van der Waals surface area contributed by atoms with Crippen molar-refractivity contribution in [1.82, 2.24) is 10.3 Å². The largest absolute Gasteiger partial charge is 0.357 e. The molecule has 2 fully saturated rings. The zero-order valence-electron chi connectivity index (χ0n) is 12.3. The number of thioether (sulfide) groups is 1. The second-order valence-electron chi connectivity index (χ2n) is 5.86. The highest BCUT2D eigenvalue weighted by molar-refractivity contribution is 7.99. The summed E-state index contributed by atoms with van der Waals surface area (Å²) in [5.74, 6) is 3.61. The van der Waals surface area contributed by atoms with Crippen molar-refractivity contribution in [2.75, 3.05) is 29.5 Å². The van der Waals surface area contributed by atoms with Crippen LogP contribution in [0.25, 0.3) is 0 Å². The predicted molar refractivity (Wildman–Crippen MR) is 87.7 cm³/mol. The number of aromatic nitrogens is 1. The van der Waals surface area contributed by atoms with Crippen LogP contribution >= 0.6 is 11.8 Å². The third-order valence-corrected chi connectivity index (χ3v) is 5.54. The van der Waals surface area contributed by atoms with E-state index in [-0.39, 0.29) is 0 Å². The van der Waals surface area contributed by atoms with Gasteiger partial charge in [0.05, 0.1) is 5.56 Å². The van der Waals surface area contributed by atoms with E-state index in [1.54, 1.807) is 6.20 Å². The van der Waals surface area contributed by atoms with Gasteiger partial charge in [-0.3, -0.25) is 0 Å². The average Bonchev–Trinajstić information content (AvgIpc) is 2.57. The fraction of sp³-hybridized carbons (Fsp3) is 0.625. The maximum Gasteiger partial charge on any atom is 0.128 e. The van der Waals surface area contributed by atoms with Crippen molar-refractivity contribution in [2.45, 2.75) is 37.8 Å². The molecular weight excluding hydrogens is 280 g/mol. The summed E-state index contributed by atoms with van der Waals surface area (Å²) in [7, 11) is 0. The molecule has 1 aromatic heterocycles. The first-order valence-electron chi connectivity index (χ1n) is 7.80. The van der Waals surface area contributed by atoms with Crippen LogP contribution in [0, 0.1) is 11.3 Å². The van der Waals surface area contributed by atoms with Gasteiger partial charge in [0.2, 0.25) is 0 Å². The van der Waals surface area contributed by atoms with Gasteiger partial charge in [0.25, 0.3) is 0 Å². The van der Waals surface area contributed by atoms with E-state index in [1.807, 2.05) is 12.1 Å². The van der Waals surface area contributed by atoms with Crippen molar-refractivity contribution in [1.29, 1.82) is 5.26 Å². The van der Waals surface area contributed by atoms with E-state index in [0.29, 0.717) is 17.6 Å². The first-order valence-corrected chi connectivity index (χ1v) is 8.95. The van der Waals surface area contributed by atoms with E-state index < -0.39 is 0 Å². The van der Waals surface area contributed by atoms with Crippen LogP contribution in [0.5, 0.6) is 0 Å². The van der Waals surface area contributed by atoms with E-state index in [0.717, 1.165) is 18.9 Å². The molecule has 2 aliphatic rings. The minimum absolute atomic E-state index is 0.630. The number of rotatable bonds is 3. The SMILES string of the molecule is N#Cc1ccc(N2CCC(NC3CCCSC3)CC2)nc1. The van der Waals surface area contributed by atoms with E-state index in [2.05, 4.69) is 33.0 Å². The molecule has 2 saturated heterocycles. The minimum atomic E-state index is 0.630. The summed E-state index contributed by atoms with van der Waals surface area (Å²) >= 11 is 2.08. The Morgan fingerprint density at radius 2 is 2.10 bits per heavy atom. The number of nitrogens with zero attached hydrogens (tertiary/aromatic N) is 3. The van der Waals surface area contributed by atoms with Gasteiger partial charge in [-0.2, -0.15) is 17.0 Å². The molecule has 3 heterocycles. The lowest BCUT2D eigenvalue weighted by molar-refractivity contribution is 0.365. The van der Waals surface area contributed by atoms with Gasteiger partial charge in [-0.1, -0.05) is 0 Å². The van der Waals surface area contributed by atoms with Crippen LogP contribution in [-0.4, -0.2) is 41.7 Å². The van der Waals surface area contributed by atoms with Crippen molar-refractivity contribution in [3.05, 3.63) is 23.9 Å². The Hall–Kier alpha value is -1.25. The molecule has 1 N–H and O–H groups in total. The van der Waals surface area contributed by atoms with Gasteiger partial charge in [-0.05, 0) is 43.6 Å². The van der Waals surface area contributed by atoms with E-state index >= 15 is 0 Å². The molecular formula is C16H22N4S. The highest BCUT2D eigenvalue weighted by Crippen LogP contribution is 2.21. The third kappa shape index (κ3) is 3.90. The van der Waals surface area contributed by atoms with Gasteiger partial charge in [0, 0.05) is 37.1 Å². The van der Waals surface area contributed by atoms with Crippen LogP contribution in [0.2, 0.25) is 0 Å². The van der Waals surface area contributed by atoms with E-state index in [1.165, 1.54) is 37.2 Å². The van der Waals surface area contributed by atoms with E-state index in [9.17, 15) is 0 Å². The van der Waals surface area contributed by atoms with Crippen molar-refractivity contribution < 1.29 is 0 Å². The summed E-state index contributed by atoms with van der Waals surface area (Å²) < 4.78 is 0. The van der Waals surface area contributed by atoms with Gasteiger partial charge in [0.15, 0.2) is 0 Å². The molecule has 21 heavy (non-hydrogen) atoms. The Balaban J connectivity index is 1.49. The highest BCUT2D eigenvalue weighted by atomic mass is 32.2. The van der Waals surface area contributed by atoms with Crippen LogP contribution in [0.1, 0.15) is 31.2 Å². The lowest BCUT2D eigenvalue weighted by Crippen LogP contribution is -2.47. The Morgan fingerprint density at radius 3 is 2.71 bits per heavy atom. The maximum absolute atomic E-state index is 8.82. The van der Waals surface area contributed by atoms with Crippen molar-refractivity contribution in [3.63, 3.8) is 0 Å². The second kappa shape index (κ2) is 7.15. The average molecular weight is 302 g/mol. The van der Waals surface area contributed by atoms with Crippen molar-refractivity contribution in [3.8, 4) is 6.07 Å². The number of hydrogen-bond acceptors (Lipinski definition) is 5. The molecule has 4 nitrogen and oxygen atoms in total. The topological polar surface area (TPSA) is 52.0 Å². The molecule has 1 aromatic rings. The molecule has 0 aliphatic carbocycles. The number of pyridine rings is 1. The first-order chi connectivity index (χ1) is 10.3. The van der Waals surface area contributed by atoms with Gasteiger partial charge >= 0.3 is 0 Å². The lowest BCUT2D eigenvalue weighted by atomic mass is 10.0. The first kappa shape index (κ1) is 14.7. The Labute approximate surface area is 130 Å². The summed E-state index contributed by atoms with van der Waals surface area (Å²) in [5.41, 5.74) is 0.630. The Morgan fingerprint density at radius 1 is 1.24 bits per heavy atom. The monoisotopic (exact) mass is 302 g/mol. The predicted octanol–water partition coefficient (Wildman–Crippen LogP) is 2.41. The summed E-state index contributed by atoms with van der Waals surface area (Å²) in [5, 5.41) is 12.7. The Bertz CT molecular complexity index is 482. The fourth-order valence-corrected chi connectivity index (χ4v) is 4.20. The second-order valence-corrected chi connectivity index (χ2v) is 7.01. The van der Waals surface area contributed by atoms with Crippen molar-refractivity contribution in [2.24, 2.45) is 0 Å². The van der Waals surface area contributed by atoms with Gasteiger partial charge < -0.3 is 10.2 Å². The number of hydrogen-bond donors (Lipinski definition) is 1. The van der Waals surface area contributed by atoms with Crippen LogP contribution in [0.15, 0.2) is 18.3 Å². The van der Waals surface area contributed by atoms with Gasteiger partial charge in [-0.15, -0.1) is 0 Å². The molecule has 0 spiro atoms. The number of nitrogens with one attached hydrogen (secondary N) is 1. The molecule has 0 bridgehead atoms. The number of piperidine rings is 1. The lowest BCUT2D eigenvalue weighted by Gasteiger charge is -2.36. The quantitative estimate of drug-likeness (QED) is 0.929. The van der Waals surface area contributed by atoms with Crippen LogP contribution < -0.4 is 10.2 Å². The summed E-state index contributed by atoms with van der Waals surface area (Å²) in [6, 6.07) is 7.30. The third-order valence-electron chi connectivity index (χ3n) is 4.33. The number of anilines is 1. The van der Waals surface area contributed by atoms with Crippen LogP contribution in [-0.2, 0) is 0 Å². The summed E-state index contributed by atoms with van der Waals surface area (Å²) in [6.07, 6.45) is 6.73. The number of nitriles is 1. The van der Waals surface area contributed by atoms with Gasteiger partial charge in [-0.25, -0.2) is 4.98 Å². The highest BCUT2D eigenvalue weighted by Gasteiger charge is 2.23. The molecule has 0 amide bonds. The Kier molecular flexibility index (Phi) is 5.00. The smallest absolute Gasteiger partial charge is 0.128 e. The zero-order valence-corrected chi connectivity index (χ0v) is 13.1. The van der Waals surface area contributed by atoms with Crippen LogP contribution in [0.3, 0.4) is 0 Å². The van der Waals surface area contributed by atoms with Gasteiger partial charge in [0.1, 0.15) is 11.9 Å². The normalized spacial score (nSPS) is 23.8. The maximum atomic E-state index is 8.82. The molecule has 0 saturated carbocycles. The molecule has 2 aliphatic heterocycles. The fourth-order valence-electron chi connectivity index (χ4n) is 3.12. The summed E-state index contributed by atoms with van der Waals surface area (Å²) in [4.78, 5) is 6.72. The molecule has 0 radical (unpaired) electrons. The van der Waals surface area contributed by atoms with Crippen molar-refractivity contribution >= 4 is 17.6 Å². The standard InChI is InChI=1S/C16H22N4S/c17-10-13-3-4-16(18-11-13)20-7-5-14(6-8-20)19-15-2-1-9-21-12-15/h3-4,11,14-15,19H,1-2,5-9,12H2. The molecule has 5 heteroatoms. The molecule has 112 valence electrons. The molecule has 1 unspecified atom stereocenters. The molecule has 0 aromatic carbocycles. The zero-order chi connectivity index (χ0) is 14.5. The van der Waals surface area contributed by atoms with Crippen LogP contribution in [0.4, 0.5) is 5.82 Å². The molecule has 1 atom stereocenters. The molecule has 3 rings (SSSR count).